The van der Waals surface area contributed by atoms with Crippen LogP contribution in [-0.4, -0.2) is 29.4 Å². The highest BCUT2D eigenvalue weighted by Crippen LogP contribution is 2.55. The lowest BCUT2D eigenvalue weighted by Crippen LogP contribution is -2.61. The SMILES string of the molecule is O=C(NC1C2CC3CC1CC(O)(C3)C2)OCC1c2ccccc2-c2ccccc21. The van der Waals surface area contributed by atoms with E-state index in [9.17, 15) is 9.90 Å². The van der Waals surface area contributed by atoms with Gasteiger partial charge in [-0.05, 0) is 72.1 Å². The summed E-state index contributed by atoms with van der Waals surface area (Å²) < 4.78 is 5.76. The molecule has 0 aromatic heterocycles. The van der Waals surface area contributed by atoms with Crippen LogP contribution in [0.1, 0.15) is 49.1 Å². The Morgan fingerprint density at radius 3 is 2.14 bits per heavy atom. The van der Waals surface area contributed by atoms with Gasteiger partial charge in [-0.15, -0.1) is 0 Å². The van der Waals surface area contributed by atoms with E-state index in [-0.39, 0.29) is 18.1 Å². The number of hydrogen-bond donors (Lipinski definition) is 2. The summed E-state index contributed by atoms with van der Waals surface area (Å²) in [7, 11) is 0. The van der Waals surface area contributed by atoms with Crippen molar-refractivity contribution in [1.29, 1.82) is 0 Å². The Morgan fingerprint density at radius 2 is 1.55 bits per heavy atom. The molecule has 2 atom stereocenters. The molecule has 150 valence electrons. The molecule has 2 aromatic rings. The Balaban J connectivity index is 1.15. The van der Waals surface area contributed by atoms with E-state index in [1.807, 2.05) is 0 Å². The Morgan fingerprint density at radius 1 is 0.966 bits per heavy atom. The smallest absolute Gasteiger partial charge is 0.407 e. The number of carbonyl (C=O) groups is 1. The van der Waals surface area contributed by atoms with Gasteiger partial charge < -0.3 is 15.2 Å². The molecule has 2 N–H and O–H groups in total. The summed E-state index contributed by atoms with van der Waals surface area (Å²) in [5.74, 6) is 1.52. The predicted octanol–water partition coefficient (Wildman–Crippen LogP) is 4.46. The highest BCUT2D eigenvalue weighted by atomic mass is 16.5. The van der Waals surface area contributed by atoms with Crippen molar-refractivity contribution >= 4 is 6.09 Å². The van der Waals surface area contributed by atoms with Crippen molar-refractivity contribution in [3.05, 3.63) is 59.7 Å². The molecule has 2 aromatic carbocycles. The lowest BCUT2D eigenvalue weighted by Gasteiger charge is -2.57. The van der Waals surface area contributed by atoms with Crippen molar-refractivity contribution in [3.8, 4) is 11.1 Å². The predicted molar refractivity (Wildman–Crippen MR) is 110 cm³/mol. The lowest BCUT2D eigenvalue weighted by molar-refractivity contribution is -0.137. The number of rotatable bonds is 3. The van der Waals surface area contributed by atoms with Crippen molar-refractivity contribution < 1.29 is 14.6 Å². The number of aliphatic hydroxyl groups is 1. The molecule has 0 spiro atoms. The second kappa shape index (κ2) is 6.33. The van der Waals surface area contributed by atoms with E-state index in [0.717, 1.165) is 32.1 Å². The van der Waals surface area contributed by atoms with Gasteiger partial charge in [0.05, 0.1) is 5.60 Å². The van der Waals surface area contributed by atoms with Gasteiger partial charge in [-0.2, -0.15) is 0 Å². The van der Waals surface area contributed by atoms with Gasteiger partial charge in [-0.25, -0.2) is 4.79 Å². The Labute approximate surface area is 171 Å². The van der Waals surface area contributed by atoms with Crippen LogP contribution >= 0.6 is 0 Å². The quantitative estimate of drug-likeness (QED) is 0.815. The van der Waals surface area contributed by atoms with Crippen LogP contribution < -0.4 is 5.32 Å². The van der Waals surface area contributed by atoms with Crippen molar-refractivity contribution in [2.24, 2.45) is 17.8 Å². The van der Waals surface area contributed by atoms with Gasteiger partial charge in [0.25, 0.3) is 0 Å². The molecule has 4 fully saturated rings. The molecule has 4 nitrogen and oxygen atoms in total. The third-order valence-electron chi connectivity index (χ3n) is 7.87. The summed E-state index contributed by atoms with van der Waals surface area (Å²) in [6, 6.07) is 17.0. The minimum absolute atomic E-state index is 0.0901. The fourth-order valence-electron chi connectivity index (χ4n) is 6.99. The summed E-state index contributed by atoms with van der Waals surface area (Å²) >= 11 is 0. The van der Waals surface area contributed by atoms with Crippen LogP contribution in [0.2, 0.25) is 0 Å². The van der Waals surface area contributed by atoms with Crippen LogP contribution in [0.25, 0.3) is 11.1 Å². The fourth-order valence-corrected chi connectivity index (χ4v) is 6.99. The Bertz CT molecular complexity index is 909. The summed E-state index contributed by atoms with van der Waals surface area (Å²) in [5.41, 5.74) is 4.48. The zero-order chi connectivity index (χ0) is 19.6. The van der Waals surface area contributed by atoms with Crippen LogP contribution in [0.3, 0.4) is 0 Å². The van der Waals surface area contributed by atoms with E-state index in [0.29, 0.717) is 24.4 Å². The Hall–Kier alpha value is -2.33. The van der Waals surface area contributed by atoms with Crippen LogP contribution in [0.4, 0.5) is 4.79 Å². The maximum absolute atomic E-state index is 12.7. The zero-order valence-corrected chi connectivity index (χ0v) is 16.5. The topological polar surface area (TPSA) is 58.6 Å². The highest BCUT2D eigenvalue weighted by molar-refractivity contribution is 5.79. The van der Waals surface area contributed by atoms with E-state index in [1.54, 1.807) is 0 Å². The first-order chi connectivity index (χ1) is 14.1. The average Bonchev–Trinajstić information content (AvgIpc) is 3.02. The van der Waals surface area contributed by atoms with Crippen molar-refractivity contribution in [1.82, 2.24) is 5.32 Å². The molecule has 5 aliphatic carbocycles. The molecular formula is C25H27NO3. The van der Waals surface area contributed by atoms with E-state index < -0.39 is 5.60 Å². The number of carbonyl (C=O) groups excluding carboxylic acids is 1. The molecule has 2 unspecified atom stereocenters. The van der Waals surface area contributed by atoms with Crippen LogP contribution in [0.5, 0.6) is 0 Å². The molecule has 0 radical (unpaired) electrons. The van der Waals surface area contributed by atoms with E-state index in [4.69, 9.17) is 4.74 Å². The van der Waals surface area contributed by atoms with Gasteiger partial charge in [0.15, 0.2) is 0 Å². The Kier molecular flexibility index (Phi) is 3.83. The molecular weight excluding hydrogens is 362 g/mol. The van der Waals surface area contributed by atoms with Gasteiger partial charge in [0, 0.05) is 12.0 Å². The van der Waals surface area contributed by atoms with E-state index in [1.165, 1.54) is 22.3 Å². The number of alkyl carbamates (subject to hydrolysis) is 1. The number of ether oxygens (including phenoxy) is 1. The van der Waals surface area contributed by atoms with Gasteiger partial charge in [0.2, 0.25) is 0 Å². The molecule has 7 rings (SSSR count). The summed E-state index contributed by atoms with van der Waals surface area (Å²) in [4.78, 5) is 12.7. The first kappa shape index (κ1) is 17.5. The maximum atomic E-state index is 12.7. The van der Waals surface area contributed by atoms with E-state index in [2.05, 4.69) is 53.8 Å². The van der Waals surface area contributed by atoms with E-state index >= 15 is 0 Å². The minimum atomic E-state index is -0.476. The van der Waals surface area contributed by atoms with Crippen molar-refractivity contribution in [2.45, 2.75) is 49.7 Å². The molecule has 5 aliphatic rings. The molecule has 29 heavy (non-hydrogen) atoms. The first-order valence-corrected chi connectivity index (χ1v) is 10.9. The second-order valence-corrected chi connectivity index (χ2v) is 9.69. The normalized spacial score (nSPS) is 34.0. The summed E-state index contributed by atoms with van der Waals surface area (Å²) in [6.07, 6.45) is 4.57. The first-order valence-electron chi connectivity index (χ1n) is 10.9. The van der Waals surface area contributed by atoms with Gasteiger partial charge in [-0.3, -0.25) is 0 Å². The number of nitrogens with one attached hydrogen (secondary N) is 1. The molecule has 0 aliphatic heterocycles. The third kappa shape index (κ3) is 2.80. The average molecular weight is 389 g/mol. The minimum Gasteiger partial charge on any atom is -0.449 e. The largest absolute Gasteiger partial charge is 0.449 e. The maximum Gasteiger partial charge on any atom is 0.407 e. The molecule has 1 amide bonds. The van der Waals surface area contributed by atoms with Gasteiger partial charge in [-0.1, -0.05) is 48.5 Å². The molecule has 0 heterocycles. The van der Waals surface area contributed by atoms with Crippen molar-refractivity contribution in [2.75, 3.05) is 6.61 Å². The third-order valence-corrected chi connectivity index (χ3v) is 7.87. The number of benzene rings is 2. The highest BCUT2D eigenvalue weighted by Gasteiger charge is 2.55. The van der Waals surface area contributed by atoms with Gasteiger partial charge in [0.1, 0.15) is 6.61 Å². The summed E-state index contributed by atoms with van der Waals surface area (Å²) in [6.45, 7) is 0.356. The lowest BCUT2D eigenvalue weighted by atomic mass is 9.52. The second-order valence-electron chi connectivity index (χ2n) is 9.69. The van der Waals surface area contributed by atoms with Gasteiger partial charge >= 0.3 is 6.09 Å². The standard InChI is InChI=1S/C25H27NO3/c27-24(26-23-16-9-15-10-17(23)13-25(28,11-15)12-16)29-14-22-20-7-3-1-5-18(20)19-6-2-4-8-21(19)22/h1-8,15-17,22-23,28H,9-14H2,(H,26,27). The molecule has 4 saturated carbocycles. The van der Waals surface area contributed by atoms with Crippen LogP contribution in [0, 0.1) is 17.8 Å². The van der Waals surface area contributed by atoms with Crippen molar-refractivity contribution in [3.63, 3.8) is 0 Å². The molecule has 0 saturated heterocycles. The number of hydrogen-bond acceptors (Lipinski definition) is 3. The zero-order valence-electron chi connectivity index (χ0n) is 16.5. The number of amides is 1. The van der Waals surface area contributed by atoms with Crippen LogP contribution in [-0.2, 0) is 4.74 Å². The molecule has 4 bridgehead atoms. The fraction of sp³-hybridized carbons (Fsp3) is 0.480. The molecule has 4 heteroatoms. The summed E-state index contributed by atoms with van der Waals surface area (Å²) in [5, 5.41) is 13.9. The number of fused-ring (bicyclic) bond motifs is 3. The van der Waals surface area contributed by atoms with Crippen LogP contribution in [0.15, 0.2) is 48.5 Å². The monoisotopic (exact) mass is 389 g/mol.